The first kappa shape index (κ1) is 24.7. The molecule has 180 valence electrons. The lowest BCUT2D eigenvalue weighted by atomic mass is 9.98. The van der Waals surface area contributed by atoms with Gasteiger partial charge in [-0.25, -0.2) is 0 Å². The van der Waals surface area contributed by atoms with Crippen LogP contribution in [0.3, 0.4) is 0 Å². The Morgan fingerprint density at radius 2 is 1.88 bits per heavy atom. The number of benzene rings is 2. The Bertz CT molecular complexity index is 964. The van der Waals surface area contributed by atoms with E-state index in [1.54, 1.807) is 37.2 Å². The summed E-state index contributed by atoms with van der Waals surface area (Å²) >= 11 is 0. The van der Waals surface area contributed by atoms with Gasteiger partial charge < -0.3 is 25.0 Å². The van der Waals surface area contributed by atoms with Gasteiger partial charge in [0.15, 0.2) is 18.1 Å². The van der Waals surface area contributed by atoms with Crippen LogP contribution in [0.15, 0.2) is 36.4 Å². The molecule has 0 unspecified atom stereocenters. The van der Waals surface area contributed by atoms with Gasteiger partial charge >= 0.3 is 6.18 Å². The highest BCUT2D eigenvalue weighted by molar-refractivity contribution is 6.00. The van der Waals surface area contributed by atoms with E-state index in [1.165, 1.54) is 6.07 Å². The molecule has 0 saturated carbocycles. The van der Waals surface area contributed by atoms with Crippen molar-refractivity contribution in [2.24, 2.45) is 0 Å². The van der Waals surface area contributed by atoms with E-state index in [-0.39, 0.29) is 30.1 Å². The molecule has 3 rings (SSSR count). The van der Waals surface area contributed by atoms with E-state index in [0.717, 1.165) is 36.2 Å². The molecule has 2 aromatic rings. The molecule has 6 nitrogen and oxygen atoms in total. The van der Waals surface area contributed by atoms with Crippen molar-refractivity contribution >= 4 is 11.6 Å². The van der Waals surface area contributed by atoms with Crippen LogP contribution in [0.25, 0.3) is 0 Å². The minimum absolute atomic E-state index is 0.0251. The van der Waals surface area contributed by atoms with Gasteiger partial charge in [0.2, 0.25) is 0 Å². The van der Waals surface area contributed by atoms with Crippen molar-refractivity contribution < 1.29 is 27.4 Å². The fraction of sp³-hybridized carbons (Fsp3) is 0.458. The van der Waals surface area contributed by atoms with Crippen LogP contribution in [0.5, 0.6) is 11.5 Å². The molecule has 1 heterocycles. The number of amides is 1. The first-order valence-corrected chi connectivity index (χ1v) is 10.9. The van der Waals surface area contributed by atoms with Gasteiger partial charge in [0.1, 0.15) is 6.61 Å². The Hall–Kier alpha value is -2.94. The fourth-order valence-corrected chi connectivity index (χ4v) is 3.76. The average Bonchev–Trinajstić information content (AvgIpc) is 3.23. The third-order valence-corrected chi connectivity index (χ3v) is 5.25. The van der Waals surface area contributed by atoms with E-state index in [9.17, 15) is 18.0 Å². The summed E-state index contributed by atoms with van der Waals surface area (Å²) in [7, 11) is 3.49. The Kier molecular flexibility index (Phi) is 8.07. The summed E-state index contributed by atoms with van der Waals surface area (Å²) in [5.41, 5.74) is 3.85. The number of nitrogens with zero attached hydrogens (tertiary/aromatic N) is 1. The summed E-state index contributed by atoms with van der Waals surface area (Å²) in [5.74, 6) is 0.310. The van der Waals surface area contributed by atoms with Gasteiger partial charge in [-0.1, -0.05) is 18.2 Å². The number of carbonyl (C=O) groups excluding carboxylic acids is 1. The smallest absolute Gasteiger partial charge is 0.422 e. The van der Waals surface area contributed by atoms with E-state index >= 15 is 0 Å². The van der Waals surface area contributed by atoms with E-state index in [1.807, 2.05) is 13.0 Å². The van der Waals surface area contributed by atoms with Gasteiger partial charge in [-0.05, 0) is 49.1 Å². The van der Waals surface area contributed by atoms with Crippen molar-refractivity contribution in [3.05, 3.63) is 53.1 Å². The van der Waals surface area contributed by atoms with Crippen LogP contribution in [-0.4, -0.2) is 63.4 Å². The van der Waals surface area contributed by atoms with Crippen LogP contribution in [0.4, 0.5) is 18.9 Å². The normalized spacial score (nSPS) is 13.8. The summed E-state index contributed by atoms with van der Waals surface area (Å²) < 4.78 is 47.7. The maximum Gasteiger partial charge on any atom is 0.422 e. The molecule has 0 saturated heterocycles. The summed E-state index contributed by atoms with van der Waals surface area (Å²) in [6.07, 6.45) is -2.79. The predicted molar refractivity (Wildman–Crippen MR) is 121 cm³/mol. The third-order valence-electron chi connectivity index (χ3n) is 5.25. The topological polar surface area (TPSA) is 62.8 Å². The van der Waals surface area contributed by atoms with Crippen LogP contribution in [0, 0.1) is 0 Å². The van der Waals surface area contributed by atoms with Crippen LogP contribution in [0.2, 0.25) is 0 Å². The van der Waals surface area contributed by atoms with Gasteiger partial charge in [0.05, 0.1) is 11.3 Å². The lowest BCUT2D eigenvalue weighted by molar-refractivity contribution is -0.153. The molecule has 0 spiro atoms. The van der Waals surface area contributed by atoms with Gasteiger partial charge in [0, 0.05) is 33.2 Å². The second kappa shape index (κ2) is 10.8. The number of fused-ring (bicyclic) bond motifs is 1. The summed E-state index contributed by atoms with van der Waals surface area (Å²) in [5, 5.41) is 6.67. The molecule has 0 radical (unpaired) electrons. The molecule has 2 aromatic carbocycles. The van der Waals surface area contributed by atoms with Crippen molar-refractivity contribution in [1.82, 2.24) is 10.2 Å². The maximum atomic E-state index is 12.6. The number of rotatable bonds is 10. The molecule has 1 aliphatic rings. The second-order valence-electron chi connectivity index (χ2n) is 8.31. The lowest BCUT2D eigenvalue weighted by Crippen LogP contribution is -2.32. The molecule has 0 aliphatic carbocycles. The van der Waals surface area contributed by atoms with Crippen molar-refractivity contribution in [3.8, 4) is 11.5 Å². The Morgan fingerprint density at radius 1 is 1.18 bits per heavy atom. The van der Waals surface area contributed by atoms with Gasteiger partial charge in [-0.2, -0.15) is 13.2 Å². The standard InChI is InChI=1S/C24H30F3N3O3/c1-16(12-17-13-18-8-9-29-22(18)19(14-17)23(31)30(2)3)28-10-11-32-20-6-4-5-7-21(20)33-15-24(25,26)27/h4-7,13-14,16,28-29H,8-12,15H2,1-3H3/t16-/m1/s1. The van der Waals surface area contributed by atoms with Gasteiger partial charge in [-0.3, -0.25) is 4.79 Å². The molecule has 33 heavy (non-hydrogen) atoms. The Balaban J connectivity index is 1.52. The maximum absolute atomic E-state index is 12.6. The molecule has 1 aliphatic heterocycles. The number of hydrogen-bond donors (Lipinski definition) is 2. The molecule has 0 aromatic heterocycles. The minimum Gasteiger partial charge on any atom is -0.488 e. The number of ether oxygens (including phenoxy) is 2. The van der Waals surface area contributed by atoms with Crippen LogP contribution in [0.1, 0.15) is 28.4 Å². The third kappa shape index (κ3) is 7.02. The molecule has 1 atom stereocenters. The summed E-state index contributed by atoms with van der Waals surface area (Å²) in [6, 6.07) is 10.5. The van der Waals surface area contributed by atoms with Gasteiger partial charge in [-0.15, -0.1) is 0 Å². The van der Waals surface area contributed by atoms with E-state index in [0.29, 0.717) is 12.1 Å². The number of hydrogen-bond acceptors (Lipinski definition) is 5. The largest absolute Gasteiger partial charge is 0.488 e. The summed E-state index contributed by atoms with van der Waals surface area (Å²) in [4.78, 5) is 14.2. The van der Waals surface area contributed by atoms with E-state index in [2.05, 4.69) is 16.7 Å². The van der Waals surface area contributed by atoms with Gasteiger partial charge in [0.25, 0.3) is 5.91 Å². The molecule has 2 N–H and O–H groups in total. The zero-order valence-electron chi connectivity index (χ0n) is 19.1. The highest BCUT2D eigenvalue weighted by Crippen LogP contribution is 2.30. The number of carbonyl (C=O) groups is 1. The molecular weight excluding hydrogens is 435 g/mol. The molecule has 0 fully saturated rings. The molecule has 1 amide bonds. The zero-order valence-corrected chi connectivity index (χ0v) is 19.1. The van der Waals surface area contributed by atoms with Crippen molar-refractivity contribution in [1.29, 1.82) is 0 Å². The van der Waals surface area contributed by atoms with Crippen molar-refractivity contribution in [2.45, 2.75) is 32.0 Å². The number of anilines is 1. The number of alkyl halides is 3. The Morgan fingerprint density at radius 3 is 2.55 bits per heavy atom. The monoisotopic (exact) mass is 465 g/mol. The highest BCUT2D eigenvalue weighted by Gasteiger charge is 2.29. The first-order valence-electron chi connectivity index (χ1n) is 10.9. The SMILES string of the molecule is C[C@H](Cc1cc2c(c(C(=O)N(C)C)c1)NCC2)NCCOc1ccccc1OCC(F)(F)F. The van der Waals surface area contributed by atoms with Crippen molar-refractivity contribution in [2.75, 3.05) is 45.7 Å². The molecular formula is C24H30F3N3O3. The molecule has 0 bridgehead atoms. The lowest BCUT2D eigenvalue weighted by Gasteiger charge is -2.18. The quantitative estimate of drug-likeness (QED) is 0.522. The summed E-state index contributed by atoms with van der Waals surface area (Å²) in [6.45, 7) is 2.28. The zero-order chi connectivity index (χ0) is 24.0. The van der Waals surface area contributed by atoms with Crippen molar-refractivity contribution in [3.63, 3.8) is 0 Å². The first-order chi connectivity index (χ1) is 15.6. The number of para-hydroxylation sites is 2. The van der Waals surface area contributed by atoms with E-state index in [4.69, 9.17) is 9.47 Å². The number of halogens is 3. The van der Waals surface area contributed by atoms with Crippen LogP contribution in [-0.2, 0) is 12.8 Å². The molecule has 9 heteroatoms. The van der Waals surface area contributed by atoms with Crippen LogP contribution >= 0.6 is 0 Å². The average molecular weight is 466 g/mol. The second-order valence-corrected chi connectivity index (χ2v) is 8.31. The fourth-order valence-electron chi connectivity index (χ4n) is 3.76. The minimum atomic E-state index is -4.41. The highest BCUT2D eigenvalue weighted by atomic mass is 19.4. The van der Waals surface area contributed by atoms with Crippen LogP contribution < -0.4 is 20.1 Å². The Labute approximate surface area is 192 Å². The number of nitrogens with one attached hydrogen (secondary N) is 2. The predicted octanol–water partition coefficient (Wildman–Crippen LogP) is 3.90. The van der Waals surface area contributed by atoms with E-state index < -0.39 is 12.8 Å².